The lowest BCUT2D eigenvalue weighted by Gasteiger charge is -2.33. The number of anilines is 5. The summed E-state index contributed by atoms with van der Waals surface area (Å²) in [4.78, 5) is 4.78. The Labute approximate surface area is 332 Å². The van der Waals surface area contributed by atoms with Crippen LogP contribution in [0.25, 0.3) is 42.1 Å². The maximum absolute atomic E-state index is 2.40. The van der Waals surface area contributed by atoms with Gasteiger partial charge in [-0.3, -0.25) is 0 Å². The Balaban J connectivity index is 1.07. The highest BCUT2D eigenvalue weighted by Crippen LogP contribution is 2.44. The smallest absolute Gasteiger partial charge is 0.0474 e. The fourth-order valence-electron chi connectivity index (χ4n) is 8.28. The van der Waals surface area contributed by atoms with Crippen LogP contribution < -0.4 is 9.80 Å². The van der Waals surface area contributed by atoms with E-state index in [-0.39, 0.29) is 5.41 Å². The Bertz CT molecular complexity index is 2890. The zero-order valence-electron chi connectivity index (χ0n) is 31.2. The van der Waals surface area contributed by atoms with Gasteiger partial charge in [0.1, 0.15) is 0 Å². The molecule has 10 rings (SSSR count). The number of hydrogen-bond acceptors (Lipinski definition) is 3. The van der Waals surface area contributed by atoms with Crippen molar-refractivity contribution >= 4 is 70.7 Å². The number of hydrogen-bond donors (Lipinski definition) is 0. The van der Waals surface area contributed by atoms with E-state index in [9.17, 15) is 0 Å². The first-order chi connectivity index (χ1) is 27.6. The number of fused-ring (bicyclic) bond motifs is 4. The van der Waals surface area contributed by atoms with E-state index in [0.29, 0.717) is 0 Å². The molecule has 0 saturated carbocycles. The third kappa shape index (κ3) is 6.17. The highest BCUT2D eigenvalue weighted by atomic mass is 32.1. The molecule has 1 aromatic heterocycles. The predicted molar refractivity (Wildman–Crippen MR) is 241 cm³/mol. The van der Waals surface area contributed by atoms with Gasteiger partial charge < -0.3 is 9.80 Å². The summed E-state index contributed by atoms with van der Waals surface area (Å²) in [7, 11) is 0. The molecule has 0 bridgehead atoms. The standard InChI is InChI=1S/C53H40N2S/c1-53(40-16-5-2-6-17-40)33-31-44(32-34-53)54(41-18-7-3-8-19-41)43-27-25-38(26-28-43)49-37-46(35-39-15-11-12-22-47(39)49)55(42-20-9-4-10-21-42)45-29-30-52-50(36-45)48-23-13-14-24-51(48)56-52/h2-33,35-37H,34H2,1H3. The molecule has 0 aliphatic heterocycles. The lowest BCUT2D eigenvalue weighted by molar-refractivity contribution is 0.595. The van der Waals surface area contributed by atoms with Gasteiger partial charge in [0.2, 0.25) is 0 Å². The lowest BCUT2D eigenvalue weighted by Crippen LogP contribution is -2.24. The quantitative estimate of drug-likeness (QED) is 0.153. The first-order valence-corrected chi connectivity index (χ1v) is 20.1. The molecule has 0 amide bonds. The molecule has 8 aromatic carbocycles. The van der Waals surface area contributed by atoms with E-state index >= 15 is 0 Å². The Kier molecular flexibility index (Phi) is 8.58. The fraction of sp³-hybridized carbons (Fsp3) is 0.0566. The highest BCUT2D eigenvalue weighted by Gasteiger charge is 2.27. The summed E-state index contributed by atoms with van der Waals surface area (Å²) in [5, 5.41) is 5.03. The SMILES string of the molecule is CC1(c2ccccc2)C=CC(N(c2ccccc2)c2ccc(-c3cc(N(c4ccccc4)c4ccc5sc6ccccc6c5c4)cc4ccccc34)cc2)=CC1. The van der Waals surface area contributed by atoms with Gasteiger partial charge in [-0.05, 0) is 113 Å². The van der Waals surface area contributed by atoms with Crippen LogP contribution in [0, 0.1) is 0 Å². The van der Waals surface area contributed by atoms with Crippen LogP contribution >= 0.6 is 11.3 Å². The molecule has 0 saturated heterocycles. The van der Waals surface area contributed by atoms with Crippen LogP contribution in [0.2, 0.25) is 0 Å². The molecule has 0 radical (unpaired) electrons. The second-order valence-electron chi connectivity index (χ2n) is 14.8. The Morgan fingerprint density at radius 2 is 1.05 bits per heavy atom. The maximum atomic E-state index is 2.40. The monoisotopic (exact) mass is 736 g/mol. The minimum absolute atomic E-state index is 0.0417. The number of nitrogens with zero attached hydrogens (tertiary/aromatic N) is 2. The van der Waals surface area contributed by atoms with Gasteiger partial charge in [-0.15, -0.1) is 11.3 Å². The van der Waals surface area contributed by atoms with Crippen molar-refractivity contribution in [3.63, 3.8) is 0 Å². The topological polar surface area (TPSA) is 6.48 Å². The molecule has 56 heavy (non-hydrogen) atoms. The largest absolute Gasteiger partial charge is 0.311 e. The van der Waals surface area contributed by atoms with Crippen molar-refractivity contribution in [2.75, 3.05) is 9.80 Å². The molecule has 0 N–H and O–H groups in total. The molecule has 268 valence electrons. The average Bonchev–Trinajstić information content (AvgIpc) is 3.64. The van der Waals surface area contributed by atoms with Gasteiger partial charge in [0.15, 0.2) is 0 Å². The number of benzene rings is 8. The predicted octanol–water partition coefficient (Wildman–Crippen LogP) is 15.3. The van der Waals surface area contributed by atoms with Crippen LogP contribution in [0.3, 0.4) is 0 Å². The van der Waals surface area contributed by atoms with Crippen LogP contribution in [-0.2, 0) is 5.41 Å². The third-order valence-corrected chi connectivity index (χ3v) is 12.4. The molecule has 1 aliphatic carbocycles. The van der Waals surface area contributed by atoms with Gasteiger partial charge in [-0.1, -0.05) is 140 Å². The van der Waals surface area contributed by atoms with Crippen LogP contribution in [0.4, 0.5) is 28.4 Å². The number of allylic oxidation sites excluding steroid dienone is 3. The van der Waals surface area contributed by atoms with E-state index in [4.69, 9.17) is 0 Å². The molecule has 1 unspecified atom stereocenters. The van der Waals surface area contributed by atoms with Crippen LogP contribution in [0.1, 0.15) is 18.9 Å². The molecule has 9 aromatic rings. The van der Waals surface area contributed by atoms with E-state index in [2.05, 4.69) is 229 Å². The first-order valence-electron chi connectivity index (χ1n) is 19.3. The molecule has 2 nitrogen and oxygen atoms in total. The van der Waals surface area contributed by atoms with Gasteiger partial charge in [0.05, 0.1) is 0 Å². The molecule has 1 atom stereocenters. The summed E-state index contributed by atoms with van der Waals surface area (Å²) >= 11 is 1.86. The molecule has 0 fully saturated rings. The summed E-state index contributed by atoms with van der Waals surface area (Å²) in [6.07, 6.45) is 7.98. The minimum atomic E-state index is -0.0417. The van der Waals surface area contributed by atoms with Gasteiger partial charge in [-0.2, -0.15) is 0 Å². The molecule has 1 aliphatic rings. The molecule has 3 heteroatoms. The van der Waals surface area contributed by atoms with Crippen LogP contribution in [-0.4, -0.2) is 0 Å². The number of thiophene rings is 1. The van der Waals surface area contributed by atoms with Crippen molar-refractivity contribution in [2.24, 2.45) is 0 Å². The summed E-state index contributed by atoms with van der Waals surface area (Å²) in [6.45, 7) is 2.33. The van der Waals surface area contributed by atoms with E-state index in [1.165, 1.54) is 53.3 Å². The molecule has 0 spiro atoms. The van der Waals surface area contributed by atoms with Gasteiger partial charge in [0.25, 0.3) is 0 Å². The van der Waals surface area contributed by atoms with E-state index in [0.717, 1.165) is 34.9 Å². The van der Waals surface area contributed by atoms with Gasteiger partial charge in [0, 0.05) is 59.7 Å². The Morgan fingerprint density at radius 1 is 0.464 bits per heavy atom. The van der Waals surface area contributed by atoms with Crippen molar-refractivity contribution in [3.05, 3.63) is 224 Å². The van der Waals surface area contributed by atoms with E-state index in [1.807, 2.05) is 11.3 Å². The van der Waals surface area contributed by atoms with Crippen LogP contribution in [0.15, 0.2) is 218 Å². The molecular weight excluding hydrogens is 697 g/mol. The van der Waals surface area contributed by atoms with E-state index < -0.39 is 0 Å². The summed E-state index contributed by atoms with van der Waals surface area (Å²) < 4.78 is 2.62. The van der Waals surface area contributed by atoms with Gasteiger partial charge in [-0.25, -0.2) is 0 Å². The number of rotatable bonds is 8. The van der Waals surface area contributed by atoms with Crippen LogP contribution in [0.5, 0.6) is 0 Å². The Hall–Kier alpha value is -6.68. The Morgan fingerprint density at radius 3 is 1.77 bits per heavy atom. The van der Waals surface area contributed by atoms with Gasteiger partial charge >= 0.3 is 0 Å². The van der Waals surface area contributed by atoms with Crippen molar-refractivity contribution in [2.45, 2.75) is 18.8 Å². The fourth-order valence-corrected chi connectivity index (χ4v) is 9.36. The zero-order valence-corrected chi connectivity index (χ0v) is 32.0. The second-order valence-corrected chi connectivity index (χ2v) is 15.9. The van der Waals surface area contributed by atoms with Crippen molar-refractivity contribution in [1.82, 2.24) is 0 Å². The molecule has 1 heterocycles. The minimum Gasteiger partial charge on any atom is -0.311 e. The summed E-state index contributed by atoms with van der Waals surface area (Å²) in [5.41, 5.74) is 10.5. The van der Waals surface area contributed by atoms with Crippen molar-refractivity contribution < 1.29 is 0 Å². The summed E-state index contributed by atoms with van der Waals surface area (Å²) in [6, 6.07) is 70.5. The van der Waals surface area contributed by atoms with Crippen molar-refractivity contribution in [1.29, 1.82) is 0 Å². The maximum Gasteiger partial charge on any atom is 0.0474 e. The van der Waals surface area contributed by atoms with Crippen molar-refractivity contribution in [3.8, 4) is 11.1 Å². The number of para-hydroxylation sites is 2. The summed E-state index contributed by atoms with van der Waals surface area (Å²) in [5.74, 6) is 0. The third-order valence-electron chi connectivity index (χ3n) is 11.2. The first kappa shape index (κ1) is 33.9. The zero-order chi connectivity index (χ0) is 37.5. The highest BCUT2D eigenvalue weighted by molar-refractivity contribution is 7.25. The molecular formula is C53H40N2S. The average molecular weight is 737 g/mol. The normalized spacial score (nSPS) is 15.3. The lowest BCUT2D eigenvalue weighted by atomic mass is 9.77. The van der Waals surface area contributed by atoms with E-state index in [1.54, 1.807) is 0 Å². The second kappa shape index (κ2) is 14.2.